The highest BCUT2D eigenvalue weighted by molar-refractivity contribution is 5.92. The summed E-state index contributed by atoms with van der Waals surface area (Å²) in [6.07, 6.45) is -0.0419. The molecule has 2 aromatic rings. The minimum Gasteiger partial charge on any atom is -0.392 e. The molecule has 0 spiro atoms. The summed E-state index contributed by atoms with van der Waals surface area (Å²) in [7, 11) is 0. The molecular formula is C18H21NO3. The first kappa shape index (κ1) is 16.2. The van der Waals surface area contributed by atoms with Crippen molar-refractivity contribution in [2.75, 3.05) is 5.32 Å². The van der Waals surface area contributed by atoms with Crippen LogP contribution in [0.3, 0.4) is 0 Å². The summed E-state index contributed by atoms with van der Waals surface area (Å²) in [5.41, 5.74) is 1.76. The quantitative estimate of drug-likeness (QED) is 0.795. The van der Waals surface area contributed by atoms with Gasteiger partial charge >= 0.3 is 0 Å². The lowest BCUT2D eigenvalue weighted by atomic mass is 9.92. The predicted molar refractivity (Wildman–Crippen MR) is 86.4 cm³/mol. The Bertz CT molecular complexity index is 651. The van der Waals surface area contributed by atoms with E-state index < -0.39 is 5.60 Å². The van der Waals surface area contributed by atoms with Crippen molar-refractivity contribution < 1.29 is 15.0 Å². The average molecular weight is 299 g/mol. The molecule has 0 fully saturated rings. The van der Waals surface area contributed by atoms with E-state index in [1.807, 2.05) is 37.3 Å². The van der Waals surface area contributed by atoms with Gasteiger partial charge in [-0.3, -0.25) is 4.79 Å². The Labute approximate surface area is 130 Å². The monoisotopic (exact) mass is 299 g/mol. The molecule has 0 aliphatic rings. The molecule has 0 aliphatic carbocycles. The van der Waals surface area contributed by atoms with E-state index in [1.54, 1.807) is 25.1 Å². The Balaban J connectivity index is 2.10. The summed E-state index contributed by atoms with van der Waals surface area (Å²) >= 11 is 0. The van der Waals surface area contributed by atoms with Gasteiger partial charge in [0.15, 0.2) is 0 Å². The highest BCUT2D eigenvalue weighted by Crippen LogP contribution is 2.25. The second-order valence-corrected chi connectivity index (χ2v) is 5.67. The van der Waals surface area contributed by atoms with Gasteiger partial charge in [0.1, 0.15) is 0 Å². The summed E-state index contributed by atoms with van der Waals surface area (Å²) in [5, 5.41) is 22.5. The molecule has 1 unspecified atom stereocenters. The lowest BCUT2D eigenvalue weighted by Crippen LogP contribution is -2.28. The molecule has 0 heterocycles. The molecule has 1 amide bonds. The van der Waals surface area contributed by atoms with Crippen molar-refractivity contribution in [3.05, 3.63) is 65.2 Å². The van der Waals surface area contributed by atoms with Gasteiger partial charge in [-0.1, -0.05) is 42.5 Å². The van der Waals surface area contributed by atoms with Crippen molar-refractivity contribution in [1.82, 2.24) is 0 Å². The second-order valence-electron chi connectivity index (χ2n) is 5.67. The van der Waals surface area contributed by atoms with Gasteiger partial charge in [0, 0.05) is 5.69 Å². The maximum Gasteiger partial charge on any atom is 0.227 e. The van der Waals surface area contributed by atoms with Gasteiger partial charge in [-0.15, -0.1) is 0 Å². The van der Waals surface area contributed by atoms with Gasteiger partial charge in [0.25, 0.3) is 0 Å². The number of aliphatic hydroxyl groups is 2. The van der Waals surface area contributed by atoms with Crippen LogP contribution in [0.5, 0.6) is 0 Å². The molecule has 0 bridgehead atoms. The first-order chi connectivity index (χ1) is 10.4. The molecule has 1 atom stereocenters. The highest BCUT2D eigenvalue weighted by Gasteiger charge is 2.26. The van der Waals surface area contributed by atoms with Crippen molar-refractivity contribution in [3.8, 4) is 0 Å². The summed E-state index contributed by atoms with van der Waals surface area (Å²) in [6.45, 7) is 3.43. The number of rotatable bonds is 5. The third-order valence-corrected chi connectivity index (χ3v) is 3.66. The van der Waals surface area contributed by atoms with E-state index in [0.29, 0.717) is 11.3 Å². The summed E-state index contributed by atoms with van der Waals surface area (Å²) < 4.78 is 0. The number of benzene rings is 2. The number of nitrogens with one attached hydrogen (secondary N) is 1. The first-order valence-corrected chi connectivity index (χ1v) is 7.20. The van der Waals surface area contributed by atoms with Gasteiger partial charge in [0.2, 0.25) is 5.91 Å². The number of hydrogen-bond donors (Lipinski definition) is 3. The van der Waals surface area contributed by atoms with Gasteiger partial charge in [-0.05, 0) is 36.6 Å². The molecule has 0 radical (unpaired) electrons. The van der Waals surface area contributed by atoms with Gasteiger partial charge in [0.05, 0.1) is 18.6 Å². The molecule has 0 saturated heterocycles. The Kier molecular flexibility index (Phi) is 4.96. The van der Waals surface area contributed by atoms with E-state index in [1.165, 1.54) is 0 Å². The van der Waals surface area contributed by atoms with Crippen LogP contribution in [-0.4, -0.2) is 16.1 Å². The summed E-state index contributed by atoms with van der Waals surface area (Å²) in [6, 6.07) is 14.5. The number of aryl methyl sites for hydroxylation is 1. The number of carbonyl (C=O) groups is 1. The van der Waals surface area contributed by atoms with Gasteiger partial charge in [-0.25, -0.2) is 0 Å². The Morgan fingerprint density at radius 2 is 1.86 bits per heavy atom. The van der Waals surface area contributed by atoms with Crippen molar-refractivity contribution in [3.63, 3.8) is 0 Å². The average Bonchev–Trinajstić information content (AvgIpc) is 2.50. The largest absolute Gasteiger partial charge is 0.392 e. The topological polar surface area (TPSA) is 69.6 Å². The fourth-order valence-electron chi connectivity index (χ4n) is 2.31. The van der Waals surface area contributed by atoms with Crippen molar-refractivity contribution in [2.24, 2.45) is 0 Å². The minimum absolute atomic E-state index is 0.0419. The molecular weight excluding hydrogens is 278 g/mol. The van der Waals surface area contributed by atoms with E-state index in [-0.39, 0.29) is 18.9 Å². The molecule has 0 saturated carbocycles. The molecule has 0 aromatic heterocycles. The Morgan fingerprint density at radius 3 is 2.50 bits per heavy atom. The van der Waals surface area contributed by atoms with Crippen LogP contribution in [0.15, 0.2) is 48.5 Å². The molecule has 4 heteroatoms. The fraction of sp³-hybridized carbons (Fsp3) is 0.278. The predicted octanol–water partition coefficient (Wildman–Crippen LogP) is 2.72. The standard InChI is InChI=1S/C18H21NO3/c1-13-8-9-14(12-20)10-16(13)19-17(21)11-18(2,22)15-6-4-3-5-7-15/h3-10,20,22H,11-12H2,1-2H3,(H,19,21). The summed E-state index contributed by atoms with van der Waals surface area (Å²) in [4.78, 5) is 12.2. The third-order valence-electron chi connectivity index (χ3n) is 3.66. The van der Waals surface area contributed by atoms with Gasteiger partial charge < -0.3 is 15.5 Å². The van der Waals surface area contributed by atoms with E-state index in [4.69, 9.17) is 5.11 Å². The number of anilines is 1. The number of amides is 1. The van der Waals surface area contributed by atoms with Crippen molar-refractivity contribution in [2.45, 2.75) is 32.5 Å². The zero-order chi connectivity index (χ0) is 16.2. The zero-order valence-corrected chi connectivity index (χ0v) is 12.8. The van der Waals surface area contributed by atoms with Gasteiger partial charge in [-0.2, -0.15) is 0 Å². The third kappa shape index (κ3) is 3.93. The SMILES string of the molecule is Cc1ccc(CO)cc1NC(=O)CC(C)(O)c1ccccc1. The summed E-state index contributed by atoms with van der Waals surface area (Å²) in [5.74, 6) is -0.271. The molecule has 2 aromatic carbocycles. The number of aliphatic hydroxyl groups excluding tert-OH is 1. The smallest absolute Gasteiger partial charge is 0.227 e. The van der Waals surface area contributed by atoms with E-state index >= 15 is 0 Å². The zero-order valence-electron chi connectivity index (χ0n) is 12.8. The molecule has 22 heavy (non-hydrogen) atoms. The molecule has 2 rings (SSSR count). The minimum atomic E-state index is -1.23. The molecule has 4 nitrogen and oxygen atoms in total. The Morgan fingerprint density at radius 1 is 1.18 bits per heavy atom. The second kappa shape index (κ2) is 6.73. The number of carbonyl (C=O) groups excluding carboxylic acids is 1. The van der Waals surface area contributed by atoms with Crippen LogP contribution in [0.1, 0.15) is 30.0 Å². The maximum atomic E-state index is 12.2. The van der Waals surface area contributed by atoms with Crippen LogP contribution >= 0.6 is 0 Å². The van der Waals surface area contributed by atoms with Crippen LogP contribution in [0.25, 0.3) is 0 Å². The molecule has 3 N–H and O–H groups in total. The molecule has 116 valence electrons. The first-order valence-electron chi connectivity index (χ1n) is 7.20. The Hall–Kier alpha value is -2.17. The van der Waals surface area contributed by atoms with Crippen molar-refractivity contribution in [1.29, 1.82) is 0 Å². The normalized spacial score (nSPS) is 13.5. The van der Waals surface area contributed by atoms with E-state index in [0.717, 1.165) is 11.1 Å². The lowest BCUT2D eigenvalue weighted by Gasteiger charge is -2.23. The van der Waals surface area contributed by atoms with Crippen molar-refractivity contribution >= 4 is 11.6 Å². The van der Waals surface area contributed by atoms with Crippen LogP contribution < -0.4 is 5.32 Å². The molecule has 0 aliphatic heterocycles. The maximum absolute atomic E-state index is 12.2. The highest BCUT2D eigenvalue weighted by atomic mass is 16.3. The lowest BCUT2D eigenvalue weighted by molar-refractivity contribution is -0.120. The number of hydrogen-bond acceptors (Lipinski definition) is 3. The van der Waals surface area contributed by atoms with E-state index in [2.05, 4.69) is 5.32 Å². The van der Waals surface area contributed by atoms with Crippen LogP contribution in [0.4, 0.5) is 5.69 Å². The van der Waals surface area contributed by atoms with Crippen LogP contribution in [-0.2, 0) is 17.0 Å². The van der Waals surface area contributed by atoms with E-state index in [9.17, 15) is 9.90 Å². The fourth-order valence-corrected chi connectivity index (χ4v) is 2.31. The van der Waals surface area contributed by atoms with Crippen LogP contribution in [0.2, 0.25) is 0 Å². The van der Waals surface area contributed by atoms with Crippen LogP contribution in [0, 0.1) is 6.92 Å².